The van der Waals surface area contributed by atoms with Gasteiger partial charge in [0.2, 0.25) is 0 Å². The number of aromatic amines is 1. The molecule has 0 spiro atoms. The summed E-state index contributed by atoms with van der Waals surface area (Å²) >= 11 is 0. The van der Waals surface area contributed by atoms with Gasteiger partial charge in [0.15, 0.2) is 6.61 Å². The number of hydrogen-bond acceptors (Lipinski definition) is 4. The lowest BCUT2D eigenvalue weighted by Crippen LogP contribution is -2.38. The maximum Gasteiger partial charge on any atom is 0.343 e. The van der Waals surface area contributed by atoms with Crippen molar-refractivity contribution in [2.45, 2.75) is 38.8 Å². The zero-order valence-corrected chi connectivity index (χ0v) is 13.0. The van der Waals surface area contributed by atoms with Gasteiger partial charge in [0.05, 0.1) is 0 Å². The number of carbonyl (C=O) groups is 1. The summed E-state index contributed by atoms with van der Waals surface area (Å²) in [4.78, 5) is 23.6. The smallest absolute Gasteiger partial charge is 0.343 e. The van der Waals surface area contributed by atoms with E-state index in [4.69, 9.17) is 4.74 Å². The Balaban J connectivity index is 1.49. The van der Waals surface area contributed by atoms with Gasteiger partial charge in [-0.25, -0.2) is 9.89 Å². The van der Waals surface area contributed by atoms with Gasteiger partial charge >= 0.3 is 5.69 Å². The van der Waals surface area contributed by atoms with Gasteiger partial charge in [-0.3, -0.25) is 9.36 Å². The maximum atomic E-state index is 12.0. The topological polar surface area (TPSA) is 89.0 Å². The van der Waals surface area contributed by atoms with E-state index in [-0.39, 0.29) is 24.2 Å². The van der Waals surface area contributed by atoms with Crippen LogP contribution in [-0.2, 0) is 17.8 Å². The second-order valence-corrected chi connectivity index (χ2v) is 5.79. The predicted octanol–water partition coefficient (Wildman–Crippen LogP) is 0.780. The fourth-order valence-electron chi connectivity index (χ4n) is 2.70. The van der Waals surface area contributed by atoms with Crippen LogP contribution in [0.15, 0.2) is 29.1 Å². The lowest BCUT2D eigenvalue weighted by atomic mass is 10.1. The van der Waals surface area contributed by atoms with Crippen LogP contribution in [0.5, 0.6) is 5.75 Å². The first kappa shape index (κ1) is 15.3. The maximum absolute atomic E-state index is 12.0. The van der Waals surface area contributed by atoms with Crippen molar-refractivity contribution in [2.24, 2.45) is 0 Å². The molecule has 1 aromatic carbocycles. The van der Waals surface area contributed by atoms with Crippen LogP contribution in [-0.4, -0.2) is 33.3 Å². The van der Waals surface area contributed by atoms with Crippen molar-refractivity contribution in [3.05, 3.63) is 46.1 Å². The first-order valence-electron chi connectivity index (χ1n) is 7.75. The summed E-state index contributed by atoms with van der Waals surface area (Å²) in [5.74, 6) is 1.28. The lowest BCUT2D eigenvalue weighted by molar-refractivity contribution is -0.123. The molecule has 0 fully saturated rings. The van der Waals surface area contributed by atoms with Gasteiger partial charge in [-0.15, -0.1) is 0 Å². The van der Waals surface area contributed by atoms with Gasteiger partial charge in [-0.1, -0.05) is 17.7 Å². The summed E-state index contributed by atoms with van der Waals surface area (Å²) in [7, 11) is 0. The number of ether oxygens (including phenoxy) is 1. The molecule has 2 N–H and O–H groups in total. The molecule has 2 heterocycles. The molecule has 1 aromatic heterocycles. The fraction of sp³-hybridized carbons (Fsp3) is 0.438. The van der Waals surface area contributed by atoms with Crippen molar-refractivity contribution in [1.29, 1.82) is 0 Å². The van der Waals surface area contributed by atoms with Gasteiger partial charge in [0, 0.05) is 19.0 Å². The minimum atomic E-state index is -0.185. The Kier molecular flexibility index (Phi) is 4.45. The molecule has 7 heteroatoms. The Labute approximate surface area is 133 Å². The van der Waals surface area contributed by atoms with Crippen LogP contribution < -0.4 is 15.7 Å². The van der Waals surface area contributed by atoms with Crippen molar-refractivity contribution in [3.63, 3.8) is 0 Å². The Morgan fingerprint density at radius 1 is 1.39 bits per heavy atom. The summed E-state index contributed by atoms with van der Waals surface area (Å²) in [5.41, 5.74) is 0.961. The minimum absolute atomic E-state index is 0.00922. The molecule has 0 aliphatic carbocycles. The largest absolute Gasteiger partial charge is 0.484 e. The average molecular weight is 316 g/mol. The van der Waals surface area contributed by atoms with Crippen LogP contribution >= 0.6 is 0 Å². The van der Waals surface area contributed by atoms with E-state index in [1.165, 1.54) is 0 Å². The number of fused-ring (bicyclic) bond motifs is 1. The fourth-order valence-corrected chi connectivity index (χ4v) is 2.70. The molecule has 0 saturated heterocycles. The Morgan fingerprint density at radius 2 is 2.17 bits per heavy atom. The Morgan fingerprint density at radius 3 is 2.96 bits per heavy atom. The third-order valence-electron chi connectivity index (χ3n) is 4.01. The number of benzene rings is 1. The van der Waals surface area contributed by atoms with E-state index in [1.807, 2.05) is 31.2 Å². The van der Waals surface area contributed by atoms with Crippen LogP contribution in [0.1, 0.15) is 24.2 Å². The lowest BCUT2D eigenvalue weighted by Gasteiger charge is -2.16. The molecule has 1 aliphatic heterocycles. The summed E-state index contributed by atoms with van der Waals surface area (Å²) in [5, 5.41) is 9.42. The summed E-state index contributed by atoms with van der Waals surface area (Å²) < 4.78 is 7.11. The molecule has 3 rings (SSSR count). The van der Waals surface area contributed by atoms with Crippen LogP contribution in [0.3, 0.4) is 0 Å². The number of nitrogens with zero attached hydrogens (tertiary/aromatic N) is 2. The molecule has 1 atom stereocenters. The van der Waals surface area contributed by atoms with Gasteiger partial charge < -0.3 is 10.1 Å². The summed E-state index contributed by atoms with van der Waals surface area (Å²) in [6.45, 7) is 2.55. The first-order chi connectivity index (χ1) is 11.1. The Hall–Kier alpha value is -2.57. The molecule has 0 bridgehead atoms. The number of H-pyrrole nitrogens is 1. The Bertz CT molecular complexity index is 733. The van der Waals surface area contributed by atoms with E-state index >= 15 is 0 Å². The molecular formula is C16H20N4O3. The average Bonchev–Trinajstić information content (AvgIpc) is 2.77. The van der Waals surface area contributed by atoms with E-state index < -0.39 is 0 Å². The van der Waals surface area contributed by atoms with E-state index in [9.17, 15) is 9.59 Å². The van der Waals surface area contributed by atoms with Crippen LogP contribution in [0.25, 0.3) is 0 Å². The summed E-state index contributed by atoms with van der Waals surface area (Å²) in [6, 6.07) is 7.61. The quantitative estimate of drug-likeness (QED) is 0.872. The molecule has 2 aromatic rings. The van der Waals surface area contributed by atoms with Crippen LogP contribution in [0.4, 0.5) is 0 Å². The SMILES string of the molecule is Cc1ccc(OCC(=O)NC2CCc3n[nH]c(=O)n3CC2)cc1. The molecule has 0 saturated carbocycles. The number of amides is 1. The highest BCUT2D eigenvalue weighted by molar-refractivity contribution is 5.77. The van der Waals surface area contributed by atoms with Crippen molar-refractivity contribution in [2.75, 3.05) is 6.61 Å². The van der Waals surface area contributed by atoms with Gasteiger partial charge in [0.25, 0.3) is 5.91 Å². The highest BCUT2D eigenvalue weighted by atomic mass is 16.5. The normalized spacial score (nSPS) is 17.2. The number of aromatic nitrogens is 3. The van der Waals surface area contributed by atoms with Crippen molar-refractivity contribution < 1.29 is 9.53 Å². The van der Waals surface area contributed by atoms with Gasteiger partial charge in [0.1, 0.15) is 11.6 Å². The third-order valence-corrected chi connectivity index (χ3v) is 4.01. The van der Waals surface area contributed by atoms with E-state index in [0.717, 1.165) is 17.8 Å². The van der Waals surface area contributed by atoms with Gasteiger partial charge in [-0.05, 0) is 31.9 Å². The number of nitrogens with one attached hydrogen (secondary N) is 2. The molecule has 1 unspecified atom stereocenters. The predicted molar refractivity (Wildman–Crippen MR) is 84.4 cm³/mol. The molecular weight excluding hydrogens is 296 g/mol. The second kappa shape index (κ2) is 6.68. The highest BCUT2D eigenvalue weighted by Crippen LogP contribution is 2.12. The number of hydrogen-bond donors (Lipinski definition) is 2. The number of aryl methyl sites for hydroxylation is 2. The van der Waals surface area contributed by atoms with E-state index in [2.05, 4.69) is 15.5 Å². The van der Waals surface area contributed by atoms with Crippen molar-refractivity contribution in [1.82, 2.24) is 20.1 Å². The summed E-state index contributed by atoms with van der Waals surface area (Å²) in [6.07, 6.45) is 2.14. The molecule has 122 valence electrons. The van der Waals surface area contributed by atoms with Crippen molar-refractivity contribution in [3.8, 4) is 5.75 Å². The van der Waals surface area contributed by atoms with Gasteiger partial charge in [-0.2, -0.15) is 5.10 Å². The molecule has 1 amide bonds. The monoisotopic (exact) mass is 316 g/mol. The highest BCUT2D eigenvalue weighted by Gasteiger charge is 2.20. The zero-order chi connectivity index (χ0) is 16.2. The molecule has 23 heavy (non-hydrogen) atoms. The minimum Gasteiger partial charge on any atom is -0.484 e. The van der Waals surface area contributed by atoms with Crippen molar-refractivity contribution >= 4 is 5.91 Å². The standard InChI is InChI=1S/C16H20N4O3/c1-11-2-5-13(6-3-11)23-10-15(21)17-12-4-7-14-18-19-16(22)20(14)9-8-12/h2-3,5-6,12H,4,7-10H2,1H3,(H,17,21)(H,19,22). The molecule has 1 aliphatic rings. The first-order valence-corrected chi connectivity index (χ1v) is 7.75. The third kappa shape index (κ3) is 3.80. The van der Waals surface area contributed by atoms with Crippen LogP contribution in [0.2, 0.25) is 0 Å². The number of carbonyl (C=O) groups excluding carboxylic acids is 1. The molecule has 7 nitrogen and oxygen atoms in total. The second-order valence-electron chi connectivity index (χ2n) is 5.79. The zero-order valence-electron chi connectivity index (χ0n) is 13.0. The van der Waals surface area contributed by atoms with Crippen LogP contribution in [0, 0.1) is 6.92 Å². The number of rotatable bonds is 4. The molecule has 0 radical (unpaired) electrons. The van der Waals surface area contributed by atoms with E-state index in [1.54, 1.807) is 4.57 Å². The van der Waals surface area contributed by atoms with E-state index in [0.29, 0.717) is 25.1 Å².